The molecule has 2 aromatic rings. The van der Waals surface area contributed by atoms with Crippen LogP contribution in [0.5, 0.6) is 0 Å². The second-order valence-electron chi connectivity index (χ2n) is 5.76. The summed E-state index contributed by atoms with van der Waals surface area (Å²) in [4.78, 5) is 26.4. The van der Waals surface area contributed by atoms with Crippen molar-refractivity contribution < 1.29 is 14.7 Å². The molecule has 0 spiro atoms. The number of benzene rings is 2. The van der Waals surface area contributed by atoms with Gasteiger partial charge in [-0.3, -0.25) is 14.5 Å². The molecule has 4 heteroatoms. The molecule has 3 rings (SSSR count). The van der Waals surface area contributed by atoms with Crippen LogP contribution in [0, 0.1) is 0 Å². The van der Waals surface area contributed by atoms with E-state index in [1.807, 2.05) is 31.2 Å². The molecule has 4 nitrogen and oxygen atoms in total. The highest BCUT2D eigenvalue weighted by molar-refractivity contribution is 6.25. The SMILES string of the molecule is CCC(C)(O)CN1C(=O)c2cccc3cccc(c23)C1=O. The maximum Gasteiger partial charge on any atom is 0.261 e. The van der Waals surface area contributed by atoms with Crippen molar-refractivity contribution in [2.24, 2.45) is 0 Å². The molecule has 1 N–H and O–H groups in total. The van der Waals surface area contributed by atoms with Gasteiger partial charge in [-0.25, -0.2) is 0 Å². The van der Waals surface area contributed by atoms with E-state index >= 15 is 0 Å². The van der Waals surface area contributed by atoms with Crippen molar-refractivity contribution in [3.8, 4) is 0 Å². The molecule has 108 valence electrons. The molecular formula is C17H17NO3. The van der Waals surface area contributed by atoms with E-state index in [4.69, 9.17) is 0 Å². The number of β-amino-alcohol motifs (C(OH)–C–C–N with tert-alkyl or cyclic N) is 1. The number of amides is 2. The molecule has 0 aromatic heterocycles. The Hall–Kier alpha value is -2.20. The average Bonchev–Trinajstić information content (AvgIpc) is 2.49. The Labute approximate surface area is 123 Å². The maximum absolute atomic E-state index is 12.6. The zero-order chi connectivity index (χ0) is 15.2. The molecular weight excluding hydrogens is 266 g/mol. The minimum Gasteiger partial charge on any atom is -0.388 e. The number of hydrogen-bond acceptors (Lipinski definition) is 3. The predicted molar refractivity (Wildman–Crippen MR) is 80.2 cm³/mol. The van der Waals surface area contributed by atoms with Gasteiger partial charge in [0.15, 0.2) is 0 Å². The van der Waals surface area contributed by atoms with Crippen molar-refractivity contribution in [3.05, 3.63) is 47.5 Å². The Morgan fingerprint density at radius 1 is 1.05 bits per heavy atom. The molecule has 0 saturated carbocycles. The molecule has 2 amide bonds. The van der Waals surface area contributed by atoms with Gasteiger partial charge in [0.05, 0.1) is 12.1 Å². The number of carbonyl (C=O) groups is 2. The molecule has 1 heterocycles. The van der Waals surface area contributed by atoms with Crippen LogP contribution in [-0.4, -0.2) is 34.0 Å². The zero-order valence-corrected chi connectivity index (χ0v) is 12.1. The van der Waals surface area contributed by atoms with Crippen LogP contribution in [0.25, 0.3) is 10.8 Å². The second kappa shape index (κ2) is 4.67. The summed E-state index contributed by atoms with van der Waals surface area (Å²) in [6, 6.07) is 10.9. The summed E-state index contributed by atoms with van der Waals surface area (Å²) in [5.41, 5.74) is -0.0323. The molecule has 1 aliphatic rings. The average molecular weight is 283 g/mol. The Kier molecular flexibility index (Phi) is 3.06. The minimum absolute atomic E-state index is 0.00584. The standard InChI is InChI=1S/C17H17NO3/c1-3-17(2,21)10-18-15(19)12-8-4-6-11-7-5-9-13(14(11)12)16(18)20/h4-9,21H,3,10H2,1-2H3. The topological polar surface area (TPSA) is 57.6 Å². The fourth-order valence-electron chi connectivity index (χ4n) is 2.68. The van der Waals surface area contributed by atoms with Crippen LogP contribution in [0.1, 0.15) is 41.0 Å². The van der Waals surface area contributed by atoms with Gasteiger partial charge in [0.2, 0.25) is 0 Å². The Morgan fingerprint density at radius 3 is 2.05 bits per heavy atom. The van der Waals surface area contributed by atoms with Gasteiger partial charge < -0.3 is 5.11 Å². The van der Waals surface area contributed by atoms with Gasteiger partial charge in [-0.2, -0.15) is 0 Å². The van der Waals surface area contributed by atoms with Gasteiger partial charge in [-0.05, 0) is 30.9 Å². The van der Waals surface area contributed by atoms with E-state index in [9.17, 15) is 14.7 Å². The molecule has 0 bridgehead atoms. The third-order valence-electron chi connectivity index (χ3n) is 4.12. The summed E-state index contributed by atoms with van der Waals surface area (Å²) in [5.74, 6) is -0.670. The minimum atomic E-state index is -1.08. The predicted octanol–water partition coefficient (Wildman–Crippen LogP) is 2.60. The van der Waals surface area contributed by atoms with Crippen molar-refractivity contribution in [2.75, 3.05) is 6.54 Å². The van der Waals surface area contributed by atoms with Crippen molar-refractivity contribution in [3.63, 3.8) is 0 Å². The largest absolute Gasteiger partial charge is 0.388 e. The van der Waals surface area contributed by atoms with Crippen LogP contribution in [-0.2, 0) is 0 Å². The van der Waals surface area contributed by atoms with Crippen molar-refractivity contribution in [2.45, 2.75) is 25.9 Å². The number of imide groups is 1. The van der Waals surface area contributed by atoms with Gasteiger partial charge >= 0.3 is 0 Å². The quantitative estimate of drug-likeness (QED) is 0.881. The highest BCUT2D eigenvalue weighted by Crippen LogP contribution is 2.30. The van der Waals surface area contributed by atoms with E-state index in [1.54, 1.807) is 19.1 Å². The lowest BCUT2D eigenvalue weighted by atomic mass is 9.92. The van der Waals surface area contributed by atoms with Crippen LogP contribution in [0.15, 0.2) is 36.4 Å². The molecule has 0 aliphatic carbocycles. The maximum atomic E-state index is 12.6. The molecule has 2 aromatic carbocycles. The first-order chi connectivity index (χ1) is 9.94. The van der Waals surface area contributed by atoms with E-state index in [0.717, 1.165) is 10.3 Å². The van der Waals surface area contributed by atoms with E-state index in [1.165, 1.54) is 0 Å². The third kappa shape index (κ3) is 2.12. The number of nitrogens with zero attached hydrogens (tertiary/aromatic N) is 1. The summed E-state index contributed by atoms with van der Waals surface area (Å²) in [7, 11) is 0. The van der Waals surface area contributed by atoms with E-state index in [-0.39, 0.29) is 18.4 Å². The lowest BCUT2D eigenvalue weighted by Gasteiger charge is -2.32. The molecule has 21 heavy (non-hydrogen) atoms. The summed E-state index contributed by atoms with van der Waals surface area (Å²) < 4.78 is 0. The number of hydrogen-bond donors (Lipinski definition) is 1. The van der Waals surface area contributed by atoms with Gasteiger partial charge in [0.25, 0.3) is 11.8 Å². The molecule has 0 saturated heterocycles. The van der Waals surface area contributed by atoms with Crippen LogP contribution in [0.3, 0.4) is 0 Å². The van der Waals surface area contributed by atoms with Crippen molar-refractivity contribution >= 4 is 22.6 Å². The first-order valence-corrected chi connectivity index (χ1v) is 7.05. The molecule has 1 aliphatic heterocycles. The van der Waals surface area contributed by atoms with Crippen molar-refractivity contribution in [1.29, 1.82) is 0 Å². The second-order valence-corrected chi connectivity index (χ2v) is 5.76. The highest BCUT2D eigenvalue weighted by atomic mass is 16.3. The monoisotopic (exact) mass is 283 g/mol. The Bertz CT molecular complexity index is 698. The lowest BCUT2D eigenvalue weighted by molar-refractivity contribution is 0.0148. The van der Waals surface area contributed by atoms with E-state index in [0.29, 0.717) is 22.9 Å². The fourth-order valence-corrected chi connectivity index (χ4v) is 2.68. The molecule has 1 atom stereocenters. The summed E-state index contributed by atoms with van der Waals surface area (Å²) >= 11 is 0. The third-order valence-corrected chi connectivity index (χ3v) is 4.12. The summed E-state index contributed by atoms with van der Waals surface area (Å²) in [6.45, 7) is 3.47. The fraction of sp³-hybridized carbons (Fsp3) is 0.294. The van der Waals surface area contributed by atoms with Crippen LogP contribution >= 0.6 is 0 Å². The first-order valence-electron chi connectivity index (χ1n) is 7.05. The number of rotatable bonds is 3. The highest BCUT2D eigenvalue weighted by Gasteiger charge is 2.36. The van der Waals surface area contributed by atoms with Crippen LogP contribution in [0.2, 0.25) is 0 Å². The van der Waals surface area contributed by atoms with E-state index in [2.05, 4.69) is 0 Å². The molecule has 0 fully saturated rings. The Balaban J connectivity index is 2.15. The van der Waals surface area contributed by atoms with Gasteiger partial charge in [-0.15, -0.1) is 0 Å². The molecule has 0 radical (unpaired) electrons. The zero-order valence-electron chi connectivity index (χ0n) is 12.1. The lowest BCUT2D eigenvalue weighted by Crippen LogP contribution is -2.48. The Morgan fingerprint density at radius 2 is 1.57 bits per heavy atom. The summed E-state index contributed by atoms with van der Waals surface area (Å²) in [6.07, 6.45) is 0.468. The first kappa shape index (κ1) is 13.8. The normalized spacial score (nSPS) is 17.2. The van der Waals surface area contributed by atoms with Crippen LogP contribution in [0.4, 0.5) is 0 Å². The van der Waals surface area contributed by atoms with Crippen molar-refractivity contribution in [1.82, 2.24) is 4.90 Å². The number of carbonyl (C=O) groups excluding carboxylic acids is 2. The van der Waals surface area contributed by atoms with Crippen LogP contribution < -0.4 is 0 Å². The smallest absolute Gasteiger partial charge is 0.261 e. The number of aliphatic hydroxyl groups is 1. The van der Waals surface area contributed by atoms with Gasteiger partial charge in [0, 0.05) is 16.5 Å². The van der Waals surface area contributed by atoms with Gasteiger partial charge in [-0.1, -0.05) is 31.2 Å². The van der Waals surface area contributed by atoms with E-state index < -0.39 is 5.60 Å². The van der Waals surface area contributed by atoms with Gasteiger partial charge in [0.1, 0.15) is 0 Å². The summed E-state index contributed by atoms with van der Waals surface area (Å²) in [5, 5.41) is 11.8. The molecule has 1 unspecified atom stereocenters.